The van der Waals surface area contributed by atoms with Gasteiger partial charge in [0.05, 0.1) is 10.8 Å². The monoisotopic (exact) mass is 270 g/mol. The number of anilines is 1. The molecule has 0 fully saturated rings. The van der Waals surface area contributed by atoms with Crippen LogP contribution in [0.1, 0.15) is 32.3 Å². The maximum Gasteiger partial charge on any atom is 0.240 e. The quantitative estimate of drug-likeness (QED) is 0.877. The number of benzene rings is 1. The summed E-state index contributed by atoms with van der Waals surface area (Å²) >= 11 is 0. The van der Waals surface area contributed by atoms with Crippen LogP contribution in [0.25, 0.3) is 0 Å². The van der Waals surface area contributed by atoms with Crippen LogP contribution in [0.3, 0.4) is 0 Å². The molecule has 6 heteroatoms. The smallest absolute Gasteiger partial charge is 0.240 e. The normalized spacial score (nSPS) is 17.9. The third-order valence-electron chi connectivity index (χ3n) is 2.96. The number of amides is 1. The molecule has 0 saturated carbocycles. The molecule has 5 nitrogen and oxygen atoms in total. The van der Waals surface area contributed by atoms with Crippen molar-refractivity contribution in [3.8, 4) is 0 Å². The molecule has 18 heavy (non-hydrogen) atoms. The van der Waals surface area contributed by atoms with Gasteiger partial charge in [0, 0.05) is 5.69 Å². The maximum absolute atomic E-state index is 11.7. The van der Waals surface area contributed by atoms with Gasteiger partial charge in [0.25, 0.3) is 0 Å². The second-order valence-electron chi connectivity index (χ2n) is 3.91. The Morgan fingerprint density at radius 1 is 1.39 bits per heavy atom. The molecular formula is C12H18N2O3S. The molecule has 1 unspecified atom stereocenters. The molecule has 1 aromatic carbocycles. The van der Waals surface area contributed by atoms with Crippen LogP contribution in [0.4, 0.5) is 5.69 Å². The molecule has 0 aliphatic carbocycles. The molecule has 1 atom stereocenters. The first kappa shape index (κ1) is 14.7. The molecule has 1 aliphatic rings. The molecule has 0 spiro atoms. The Hall–Kier alpha value is -1.40. The van der Waals surface area contributed by atoms with Crippen LogP contribution in [-0.2, 0) is 14.8 Å². The minimum atomic E-state index is -3.46. The predicted molar refractivity (Wildman–Crippen MR) is 71.1 cm³/mol. The topological polar surface area (TPSA) is 75.3 Å². The molecule has 0 radical (unpaired) electrons. The van der Waals surface area contributed by atoms with Crippen LogP contribution in [-0.4, -0.2) is 21.4 Å². The van der Waals surface area contributed by atoms with E-state index in [4.69, 9.17) is 0 Å². The third kappa shape index (κ3) is 2.26. The summed E-state index contributed by atoms with van der Waals surface area (Å²) in [6.07, 6.45) is 0.655. The van der Waals surface area contributed by atoms with Crippen molar-refractivity contribution in [1.82, 2.24) is 4.72 Å². The number of fused-ring (bicyclic) bond motifs is 1. The highest BCUT2D eigenvalue weighted by Crippen LogP contribution is 2.35. The number of nitrogens with one attached hydrogen (secondary N) is 2. The second kappa shape index (κ2) is 5.07. The zero-order valence-corrected chi connectivity index (χ0v) is 10.5. The van der Waals surface area contributed by atoms with E-state index in [0.29, 0.717) is 12.1 Å². The fraction of sp³-hybridized carbons (Fsp3) is 0.417. The first-order chi connectivity index (χ1) is 7.99. The van der Waals surface area contributed by atoms with E-state index < -0.39 is 10.0 Å². The van der Waals surface area contributed by atoms with E-state index >= 15 is 0 Å². The van der Waals surface area contributed by atoms with Crippen molar-refractivity contribution < 1.29 is 13.2 Å². The number of hydrogen-bond acceptors (Lipinski definition) is 3. The summed E-state index contributed by atoms with van der Waals surface area (Å²) in [6.45, 7) is 1.90. The van der Waals surface area contributed by atoms with Crippen LogP contribution < -0.4 is 10.0 Å². The molecule has 0 bridgehead atoms. The summed E-state index contributed by atoms with van der Waals surface area (Å²) in [6, 6.07) is 4.68. The third-order valence-corrected chi connectivity index (χ3v) is 4.37. The lowest BCUT2D eigenvalue weighted by Gasteiger charge is -2.07. The summed E-state index contributed by atoms with van der Waals surface area (Å²) < 4.78 is 25.6. The lowest BCUT2D eigenvalue weighted by Crippen LogP contribution is -2.18. The summed E-state index contributed by atoms with van der Waals surface area (Å²) in [5.41, 5.74) is 1.46. The van der Waals surface area contributed by atoms with E-state index in [1.807, 2.05) is 6.92 Å². The Morgan fingerprint density at radius 2 is 2.06 bits per heavy atom. The SMILES string of the molecule is C.CCC1C(=O)Nc2ccc(S(=O)(=O)NC)cc21. The van der Waals surface area contributed by atoms with Crippen molar-refractivity contribution in [1.29, 1.82) is 0 Å². The van der Waals surface area contributed by atoms with E-state index in [2.05, 4.69) is 10.0 Å². The molecular weight excluding hydrogens is 252 g/mol. The van der Waals surface area contributed by atoms with Gasteiger partial charge in [-0.25, -0.2) is 13.1 Å². The average molecular weight is 270 g/mol. The fourth-order valence-electron chi connectivity index (χ4n) is 1.99. The van der Waals surface area contributed by atoms with Gasteiger partial charge < -0.3 is 5.32 Å². The number of carbonyl (C=O) groups excluding carboxylic acids is 1. The lowest BCUT2D eigenvalue weighted by atomic mass is 9.98. The van der Waals surface area contributed by atoms with Crippen molar-refractivity contribution in [2.24, 2.45) is 0 Å². The van der Waals surface area contributed by atoms with E-state index in [1.165, 1.54) is 13.1 Å². The second-order valence-corrected chi connectivity index (χ2v) is 5.79. The highest BCUT2D eigenvalue weighted by molar-refractivity contribution is 7.89. The minimum absolute atomic E-state index is 0. The first-order valence-electron chi connectivity index (χ1n) is 5.38. The summed E-state index contributed by atoms with van der Waals surface area (Å²) in [5.74, 6) is -0.321. The van der Waals surface area contributed by atoms with Gasteiger partial charge in [0.2, 0.25) is 15.9 Å². The van der Waals surface area contributed by atoms with Gasteiger partial charge in [-0.05, 0) is 37.2 Å². The highest BCUT2D eigenvalue weighted by atomic mass is 32.2. The Bertz CT molecular complexity index is 567. The summed E-state index contributed by atoms with van der Waals surface area (Å²) in [5, 5.41) is 2.74. The van der Waals surface area contributed by atoms with Gasteiger partial charge in [-0.3, -0.25) is 4.79 Å². The van der Waals surface area contributed by atoms with Crippen molar-refractivity contribution >= 4 is 21.6 Å². The van der Waals surface area contributed by atoms with Crippen LogP contribution >= 0.6 is 0 Å². The van der Waals surface area contributed by atoms with Crippen LogP contribution in [0.15, 0.2) is 23.1 Å². The van der Waals surface area contributed by atoms with Gasteiger partial charge in [-0.1, -0.05) is 14.4 Å². The van der Waals surface area contributed by atoms with Gasteiger partial charge in [-0.15, -0.1) is 0 Å². The summed E-state index contributed by atoms with van der Waals surface area (Å²) in [7, 11) is -2.09. The van der Waals surface area contributed by atoms with E-state index in [-0.39, 0.29) is 24.1 Å². The number of carbonyl (C=O) groups is 1. The lowest BCUT2D eigenvalue weighted by molar-refractivity contribution is -0.117. The Balaban J connectivity index is 0.00000162. The van der Waals surface area contributed by atoms with Crippen LogP contribution in [0.2, 0.25) is 0 Å². The zero-order chi connectivity index (χ0) is 12.6. The number of rotatable bonds is 3. The van der Waals surface area contributed by atoms with Crippen LogP contribution in [0, 0.1) is 0 Å². The largest absolute Gasteiger partial charge is 0.325 e. The Kier molecular flexibility index (Phi) is 4.13. The standard InChI is InChI=1S/C11H14N2O3S.CH4/c1-3-8-9-6-7(17(15,16)12-2)4-5-10(9)13-11(8)14;/h4-6,8,12H,3H2,1-2H3,(H,13,14);1H4. The first-order valence-corrected chi connectivity index (χ1v) is 6.86. The van der Waals surface area contributed by atoms with E-state index in [1.54, 1.807) is 12.1 Å². The van der Waals surface area contributed by atoms with E-state index in [0.717, 1.165) is 5.56 Å². The number of hydrogen-bond donors (Lipinski definition) is 2. The fourth-order valence-corrected chi connectivity index (χ4v) is 2.76. The van der Waals surface area contributed by atoms with Gasteiger partial charge in [0.1, 0.15) is 0 Å². The minimum Gasteiger partial charge on any atom is -0.325 e. The van der Waals surface area contributed by atoms with Gasteiger partial charge in [-0.2, -0.15) is 0 Å². The molecule has 1 heterocycles. The van der Waals surface area contributed by atoms with E-state index in [9.17, 15) is 13.2 Å². The van der Waals surface area contributed by atoms with Crippen molar-refractivity contribution in [2.45, 2.75) is 31.6 Å². The van der Waals surface area contributed by atoms with Crippen molar-refractivity contribution in [3.05, 3.63) is 23.8 Å². The van der Waals surface area contributed by atoms with Crippen molar-refractivity contribution in [2.75, 3.05) is 12.4 Å². The maximum atomic E-state index is 11.7. The molecule has 2 rings (SSSR count). The molecule has 2 N–H and O–H groups in total. The molecule has 1 amide bonds. The Labute approximate surface area is 108 Å². The average Bonchev–Trinajstić information content (AvgIpc) is 2.63. The van der Waals surface area contributed by atoms with Crippen molar-refractivity contribution in [3.63, 3.8) is 0 Å². The molecule has 0 saturated heterocycles. The molecule has 1 aliphatic heterocycles. The summed E-state index contributed by atoms with van der Waals surface area (Å²) in [4.78, 5) is 11.8. The Morgan fingerprint density at radius 3 is 2.61 bits per heavy atom. The highest BCUT2D eigenvalue weighted by Gasteiger charge is 2.30. The van der Waals surface area contributed by atoms with Gasteiger partial charge >= 0.3 is 0 Å². The van der Waals surface area contributed by atoms with Crippen LogP contribution in [0.5, 0.6) is 0 Å². The zero-order valence-electron chi connectivity index (χ0n) is 9.65. The van der Waals surface area contributed by atoms with Gasteiger partial charge in [0.15, 0.2) is 0 Å². The molecule has 100 valence electrons. The molecule has 1 aromatic rings. The number of sulfonamides is 1. The predicted octanol–water partition coefficient (Wildman–Crippen LogP) is 1.68. The molecule has 0 aromatic heterocycles.